The number of hydrogen-bond acceptors (Lipinski definition) is 3. The second-order valence-corrected chi connectivity index (χ2v) is 10.7. The Bertz CT molecular complexity index is 1210. The molecule has 2 N–H and O–H groups in total. The van der Waals surface area contributed by atoms with Crippen LogP contribution in [-0.4, -0.2) is 18.8 Å². The van der Waals surface area contributed by atoms with Crippen LogP contribution in [0, 0.1) is 5.41 Å². The van der Waals surface area contributed by atoms with Gasteiger partial charge in [0.15, 0.2) is 5.78 Å². The number of sulfonamides is 1. The van der Waals surface area contributed by atoms with Gasteiger partial charge in [0.1, 0.15) is 0 Å². The van der Waals surface area contributed by atoms with E-state index in [9.17, 15) is 13.2 Å². The fourth-order valence-corrected chi connectivity index (χ4v) is 4.70. The van der Waals surface area contributed by atoms with Gasteiger partial charge in [-0.15, -0.1) is 0 Å². The summed E-state index contributed by atoms with van der Waals surface area (Å²) in [5.41, 5.74) is 4.21. The molecule has 1 aromatic heterocycles. The van der Waals surface area contributed by atoms with Crippen molar-refractivity contribution < 1.29 is 13.2 Å². The second kappa shape index (κ2) is 6.93. The minimum absolute atomic E-state index is 0.0591. The Kier molecular flexibility index (Phi) is 4.80. The highest BCUT2D eigenvalue weighted by atomic mass is 79.9. The lowest BCUT2D eigenvalue weighted by molar-refractivity contribution is 0.0911. The molecule has 0 bridgehead atoms. The first-order chi connectivity index (χ1) is 13.5. The first kappa shape index (κ1) is 20.1. The molecule has 0 amide bonds. The van der Waals surface area contributed by atoms with Crippen LogP contribution in [0.5, 0.6) is 0 Å². The summed E-state index contributed by atoms with van der Waals surface area (Å²) >= 11 is 3.46. The number of benzene rings is 2. The molecule has 0 saturated carbocycles. The van der Waals surface area contributed by atoms with Crippen LogP contribution in [0.4, 0.5) is 0 Å². The molecule has 0 spiro atoms. The van der Waals surface area contributed by atoms with Crippen molar-refractivity contribution >= 4 is 31.7 Å². The van der Waals surface area contributed by atoms with Gasteiger partial charge in [0.2, 0.25) is 10.0 Å². The summed E-state index contributed by atoms with van der Waals surface area (Å²) in [6.45, 7) is 4.18. The summed E-state index contributed by atoms with van der Waals surface area (Å²) in [5.74, 6) is 0.134. The lowest BCUT2D eigenvalue weighted by atomic mass is 9.76. The highest BCUT2D eigenvalue weighted by Gasteiger charge is 2.35. The van der Waals surface area contributed by atoms with Crippen molar-refractivity contribution in [2.75, 3.05) is 0 Å². The zero-order valence-corrected chi connectivity index (χ0v) is 18.5. The zero-order valence-electron chi connectivity index (χ0n) is 16.1. The molecule has 5 nitrogen and oxygen atoms in total. The van der Waals surface area contributed by atoms with E-state index in [0.717, 1.165) is 39.1 Å². The van der Waals surface area contributed by atoms with Crippen LogP contribution in [0.3, 0.4) is 0 Å². The number of primary sulfonamides is 1. The number of nitrogens with zero attached hydrogens (tertiary/aromatic N) is 1. The number of rotatable bonds is 3. The molecule has 1 heterocycles. The first-order valence-corrected chi connectivity index (χ1v) is 11.6. The Balaban J connectivity index is 1.96. The van der Waals surface area contributed by atoms with Crippen LogP contribution in [0.2, 0.25) is 0 Å². The van der Waals surface area contributed by atoms with E-state index in [1.807, 2.05) is 30.3 Å². The van der Waals surface area contributed by atoms with Gasteiger partial charge in [-0.3, -0.25) is 4.79 Å². The van der Waals surface area contributed by atoms with Crippen LogP contribution in [-0.2, 0) is 16.4 Å². The molecule has 0 unspecified atom stereocenters. The third-order valence-corrected chi connectivity index (χ3v) is 6.71. The molecule has 29 heavy (non-hydrogen) atoms. The molecule has 0 saturated heterocycles. The Morgan fingerprint density at radius 1 is 1.00 bits per heavy atom. The first-order valence-electron chi connectivity index (χ1n) is 9.22. The Labute approximate surface area is 178 Å². The molecule has 1 aliphatic carbocycles. The summed E-state index contributed by atoms with van der Waals surface area (Å²) in [6.07, 6.45) is 1.26. The summed E-state index contributed by atoms with van der Waals surface area (Å²) in [7, 11) is -3.77. The van der Waals surface area contributed by atoms with E-state index in [1.54, 1.807) is 12.1 Å². The molecule has 0 radical (unpaired) electrons. The van der Waals surface area contributed by atoms with Gasteiger partial charge in [0.05, 0.1) is 10.6 Å². The molecule has 4 rings (SSSR count). The highest BCUT2D eigenvalue weighted by molar-refractivity contribution is 9.10. The normalized spacial score (nSPS) is 15.9. The number of hydrogen-bond donors (Lipinski definition) is 1. The molecule has 0 fully saturated rings. The SMILES string of the molecule is CC1(C)CC(=O)c2cc(-c3ccc(Br)cc3)n(-c3ccc(S(N)(=O)=O)cc3)c2C1. The number of carbonyl (C=O) groups excluding carboxylic acids is 1. The molecule has 3 aromatic rings. The number of carbonyl (C=O) groups is 1. The predicted molar refractivity (Wildman–Crippen MR) is 117 cm³/mol. The van der Waals surface area contributed by atoms with Crippen LogP contribution >= 0.6 is 15.9 Å². The van der Waals surface area contributed by atoms with Crippen LogP contribution in [0.15, 0.2) is 64.0 Å². The van der Waals surface area contributed by atoms with Crippen molar-refractivity contribution in [1.29, 1.82) is 0 Å². The maximum Gasteiger partial charge on any atom is 0.238 e. The number of fused-ring (bicyclic) bond motifs is 1. The molecule has 2 aromatic carbocycles. The van der Waals surface area contributed by atoms with Crippen molar-refractivity contribution in [3.63, 3.8) is 0 Å². The van der Waals surface area contributed by atoms with Gasteiger partial charge in [0.25, 0.3) is 0 Å². The predicted octanol–water partition coefficient (Wildman–Crippen LogP) is 4.71. The maximum absolute atomic E-state index is 12.9. The van der Waals surface area contributed by atoms with E-state index in [4.69, 9.17) is 5.14 Å². The Morgan fingerprint density at radius 3 is 2.21 bits per heavy atom. The van der Waals surface area contributed by atoms with E-state index >= 15 is 0 Å². The van der Waals surface area contributed by atoms with E-state index in [-0.39, 0.29) is 16.1 Å². The van der Waals surface area contributed by atoms with E-state index in [2.05, 4.69) is 34.3 Å². The Hall–Kier alpha value is -2.22. The van der Waals surface area contributed by atoms with Crippen molar-refractivity contribution in [3.8, 4) is 16.9 Å². The number of ketones is 1. The molecule has 0 aliphatic heterocycles. The van der Waals surface area contributed by atoms with E-state index < -0.39 is 10.0 Å². The smallest absolute Gasteiger partial charge is 0.238 e. The highest BCUT2D eigenvalue weighted by Crippen LogP contribution is 2.40. The third kappa shape index (κ3) is 3.82. The quantitative estimate of drug-likeness (QED) is 0.598. The van der Waals surface area contributed by atoms with E-state index in [1.165, 1.54) is 12.1 Å². The van der Waals surface area contributed by atoms with Gasteiger partial charge in [0, 0.05) is 27.8 Å². The minimum Gasteiger partial charge on any atom is -0.313 e. The number of aromatic nitrogens is 1. The van der Waals surface area contributed by atoms with Gasteiger partial charge < -0.3 is 4.57 Å². The van der Waals surface area contributed by atoms with Crippen LogP contribution in [0.25, 0.3) is 16.9 Å². The summed E-state index contributed by atoms with van der Waals surface area (Å²) < 4.78 is 26.3. The van der Waals surface area contributed by atoms with Crippen molar-refractivity contribution in [3.05, 3.63) is 70.3 Å². The molecule has 7 heteroatoms. The number of nitrogens with two attached hydrogens (primary N) is 1. The minimum atomic E-state index is -3.77. The topological polar surface area (TPSA) is 82.2 Å². The fraction of sp³-hybridized carbons (Fsp3) is 0.227. The maximum atomic E-state index is 12.9. The summed E-state index contributed by atoms with van der Waals surface area (Å²) in [6, 6.07) is 16.3. The van der Waals surface area contributed by atoms with Gasteiger partial charge in [-0.25, -0.2) is 13.6 Å². The van der Waals surface area contributed by atoms with Gasteiger partial charge >= 0.3 is 0 Å². The molecular formula is C22H21BrN2O3S. The molecule has 0 atom stereocenters. The molecular weight excluding hydrogens is 452 g/mol. The average molecular weight is 473 g/mol. The standard InChI is InChI=1S/C22H21BrN2O3S/c1-22(2)12-20-18(21(26)13-22)11-19(14-3-5-15(23)6-4-14)25(20)16-7-9-17(10-8-16)29(24,27)28/h3-11H,12-13H2,1-2H3,(H2,24,27,28). The lowest BCUT2D eigenvalue weighted by Crippen LogP contribution is -2.27. The van der Waals surface area contributed by atoms with Gasteiger partial charge in [-0.1, -0.05) is 41.9 Å². The van der Waals surface area contributed by atoms with E-state index in [0.29, 0.717) is 6.42 Å². The van der Waals surface area contributed by atoms with Crippen molar-refractivity contribution in [2.45, 2.75) is 31.6 Å². The Morgan fingerprint density at radius 2 is 1.62 bits per heavy atom. The zero-order chi connectivity index (χ0) is 21.0. The fourth-order valence-electron chi connectivity index (χ4n) is 3.92. The van der Waals surface area contributed by atoms with Crippen LogP contribution < -0.4 is 5.14 Å². The lowest BCUT2D eigenvalue weighted by Gasteiger charge is -2.30. The average Bonchev–Trinajstić information content (AvgIpc) is 3.00. The van der Waals surface area contributed by atoms with Crippen LogP contribution in [0.1, 0.15) is 36.3 Å². The van der Waals surface area contributed by atoms with Crippen molar-refractivity contribution in [2.24, 2.45) is 10.6 Å². The molecule has 1 aliphatic rings. The monoisotopic (exact) mass is 472 g/mol. The number of halogens is 1. The summed E-state index contributed by atoms with van der Waals surface area (Å²) in [5, 5.41) is 5.24. The van der Waals surface area contributed by atoms with Gasteiger partial charge in [-0.2, -0.15) is 0 Å². The number of Topliss-reactive ketones (excluding diaryl/α,β-unsaturated/α-hetero) is 1. The second-order valence-electron chi connectivity index (χ2n) is 8.21. The summed E-state index contributed by atoms with van der Waals surface area (Å²) in [4.78, 5) is 12.9. The largest absolute Gasteiger partial charge is 0.313 e. The van der Waals surface area contributed by atoms with Gasteiger partial charge in [-0.05, 0) is 59.9 Å². The molecule has 150 valence electrons. The third-order valence-electron chi connectivity index (χ3n) is 5.25. The van der Waals surface area contributed by atoms with Crippen molar-refractivity contribution in [1.82, 2.24) is 4.57 Å².